The number of hydrogen-bond acceptors (Lipinski definition) is 5. The van der Waals surface area contributed by atoms with E-state index < -0.39 is 11.1 Å². The summed E-state index contributed by atoms with van der Waals surface area (Å²) in [6.07, 6.45) is 8.23. The molecule has 2 unspecified atom stereocenters. The number of benzene rings is 3. The molecule has 39 heavy (non-hydrogen) atoms. The van der Waals surface area contributed by atoms with Crippen LogP contribution < -0.4 is 0 Å². The third kappa shape index (κ3) is 5.82. The predicted octanol–water partition coefficient (Wildman–Crippen LogP) is 4.62. The summed E-state index contributed by atoms with van der Waals surface area (Å²) >= 11 is 0. The molecular formula is C33H36N2O4. The van der Waals surface area contributed by atoms with Gasteiger partial charge in [0.05, 0.1) is 24.2 Å². The lowest BCUT2D eigenvalue weighted by atomic mass is 9.75. The fourth-order valence-electron chi connectivity index (χ4n) is 5.85. The quantitative estimate of drug-likeness (QED) is 0.381. The molecule has 2 heterocycles. The molecule has 0 aliphatic carbocycles. The van der Waals surface area contributed by atoms with Crippen molar-refractivity contribution in [1.82, 2.24) is 4.90 Å². The molecule has 2 atom stereocenters. The van der Waals surface area contributed by atoms with Crippen molar-refractivity contribution in [2.75, 3.05) is 6.54 Å². The van der Waals surface area contributed by atoms with Crippen LogP contribution in [0.25, 0.3) is 0 Å². The van der Waals surface area contributed by atoms with Crippen molar-refractivity contribution in [1.29, 1.82) is 0 Å². The maximum atomic E-state index is 13.2. The number of phenols is 1. The number of carbonyl (C=O) groups is 1. The molecule has 1 amide bonds. The van der Waals surface area contributed by atoms with Gasteiger partial charge in [-0.3, -0.25) is 9.79 Å². The van der Waals surface area contributed by atoms with Crippen LogP contribution in [0.15, 0.2) is 83.9 Å². The van der Waals surface area contributed by atoms with Gasteiger partial charge in [-0.05, 0) is 58.9 Å². The number of hydrogen-bond donors (Lipinski definition) is 3. The number of aliphatic hydroxyl groups is 2. The van der Waals surface area contributed by atoms with Crippen LogP contribution in [0, 0.1) is 0 Å². The molecule has 0 saturated heterocycles. The second-order valence-electron chi connectivity index (χ2n) is 10.8. The highest BCUT2D eigenvalue weighted by Crippen LogP contribution is 2.40. The molecule has 2 aliphatic rings. The van der Waals surface area contributed by atoms with Gasteiger partial charge in [-0.1, -0.05) is 67.6 Å². The summed E-state index contributed by atoms with van der Waals surface area (Å²) in [5.74, 6) is 0.0897. The third-order valence-corrected chi connectivity index (χ3v) is 8.15. The topological polar surface area (TPSA) is 93.4 Å². The summed E-state index contributed by atoms with van der Waals surface area (Å²) in [5.41, 5.74) is 3.45. The average Bonchev–Trinajstić information content (AvgIpc) is 3.41. The molecule has 0 spiro atoms. The van der Waals surface area contributed by atoms with Crippen molar-refractivity contribution < 1.29 is 20.1 Å². The zero-order chi connectivity index (χ0) is 27.5. The van der Waals surface area contributed by atoms with E-state index in [4.69, 9.17) is 0 Å². The van der Waals surface area contributed by atoms with Crippen LogP contribution in [0.3, 0.4) is 0 Å². The zero-order valence-corrected chi connectivity index (χ0v) is 22.4. The molecule has 3 N–H and O–H groups in total. The molecule has 0 bridgehead atoms. The third-order valence-electron chi connectivity index (χ3n) is 8.15. The average molecular weight is 525 g/mol. The summed E-state index contributed by atoms with van der Waals surface area (Å²) < 4.78 is 0. The minimum Gasteiger partial charge on any atom is -0.508 e. The monoisotopic (exact) mass is 524 g/mol. The fourth-order valence-corrected chi connectivity index (χ4v) is 5.85. The summed E-state index contributed by atoms with van der Waals surface area (Å²) in [4.78, 5) is 19.8. The molecule has 2 aliphatic heterocycles. The van der Waals surface area contributed by atoms with Gasteiger partial charge in [-0.15, -0.1) is 0 Å². The number of nitrogens with zero attached hydrogens (tertiary/aromatic N) is 2. The maximum absolute atomic E-state index is 13.2. The van der Waals surface area contributed by atoms with Crippen LogP contribution in [-0.2, 0) is 42.8 Å². The molecule has 0 radical (unpaired) electrons. The molecule has 3 aromatic carbocycles. The Balaban J connectivity index is 1.38. The van der Waals surface area contributed by atoms with E-state index >= 15 is 0 Å². The van der Waals surface area contributed by atoms with E-state index in [1.807, 2.05) is 53.5 Å². The van der Waals surface area contributed by atoms with Gasteiger partial charge in [0.25, 0.3) is 0 Å². The number of fused-ring (bicyclic) bond motifs is 1. The summed E-state index contributed by atoms with van der Waals surface area (Å²) in [6.45, 7) is 3.08. The van der Waals surface area contributed by atoms with Crippen molar-refractivity contribution in [3.05, 3.63) is 112 Å². The summed E-state index contributed by atoms with van der Waals surface area (Å²) in [7, 11) is 0. The molecule has 202 valence electrons. The van der Waals surface area contributed by atoms with Crippen molar-refractivity contribution in [2.45, 2.75) is 63.3 Å². The second-order valence-corrected chi connectivity index (χ2v) is 10.8. The highest BCUT2D eigenvalue weighted by Gasteiger charge is 2.40. The smallest absolute Gasteiger partial charge is 0.227 e. The molecule has 0 saturated carbocycles. The highest BCUT2D eigenvalue weighted by atomic mass is 16.3. The largest absolute Gasteiger partial charge is 0.508 e. The van der Waals surface area contributed by atoms with Crippen LogP contribution in [0.5, 0.6) is 5.75 Å². The molecule has 0 aromatic heterocycles. The number of aromatic hydroxyl groups is 1. The first-order valence-corrected chi connectivity index (χ1v) is 13.6. The van der Waals surface area contributed by atoms with E-state index in [1.165, 1.54) is 17.2 Å². The number of allylic oxidation sites excluding steroid dienone is 1. The van der Waals surface area contributed by atoms with Crippen molar-refractivity contribution in [2.24, 2.45) is 4.99 Å². The normalized spacial score (nSPS) is 19.6. The van der Waals surface area contributed by atoms with E-state index in [0.29, 0.717) is 36.9 Å². The summed E-state index contributed by atoms with van der Waals surface area (Å²) in [6, 6.07) is 21.0. The van der Waals surface area contributed by atoms with Gasteiger partial charge in [-0.2, -0.15) is 0 Å². The number of aliphatic hydroxyl groups excluding tert-OH is 1. The van der Waals surface area contributed by atoms with E-state index in [0.717, 1.165) is 30.5 Å². The van der Waals surface area contributed by atoms with Crippen molar-refractivity contribution >= 4 is 12.1 Å². The number of rotatable bonds is 9. The van der Waals surface area contributed by atoms with Crippen LogP contribution in [0.4, 0.5) is 0 Å². The first-order valence-electron chi connectivity index (χ1n) is 13.6. The Bertz CT molecular complexity index is 1400. The van der Waals surface area contributed by atoms with Gasteiger partial charge in [0, 0.05) is 37.7 Å². The Kier molecular flexibility index (Phi) is 7.69. The van der Waals surface area contributed by atoms with E-state index in [9.17, 15) is 20.1 Å². The van der Waals surface area contributed by atoms with Gasteiger partial charge in [0.2, 0.25) is 5.91 Å². The van der Waals surface area contributed by atoms with E-state index in [2.05, 4.69) is 24.0 Å². The second kappa shape index (κ2) is 11.2. The van der Waals surface area contributed by atoms with E-state index in [-0.39, 0.29) is 18.3 Å². The Morgan fingerprint density at radius 3 is 2.59 bits per heavy atom. The lowest BCUT2D eigenvalue weighted by Gasteiger charge is -2.36. The van der Waals surface area contributed by atoms with Crippen LogP contribution in [-0.4, -0.2) is 44.4 Å². The fraction of sp³-hybridized carbons (Fsp3) is 0.333. The lowest BCUT2D eigenvalue weighted by Crippen LogP contribution is -2.38. The zero-order valence-electron chi connectivity index (χ0n) is 22.4. The van der Waals surface area contributed by atoms with Gasteiger partial charge in [-0.25, -0.2) is 0 Å². The van der Waals surface area contributed by atoms with Gasteiger partial charge in [0.15, 0.2) is 0 Å². The predicted molar refractivity (Wildman–Crippen MR) is 153 cm³/mol. The molecule has 3 aromatic rings. The van der Waals surface area contributed by atoms with E-state index in [1.54, 1.807) is 18.3 Å². The van der Waals surface area contributed by atoms with Crippen LogP contribution in [0.2, 0.25) is 0 Å². The van der Waals surface area contributed by atoms with Crippen molar-refractivity contribution in [3.8, 4) is 5.75 Å². The first-order chi connectivity index (χ1) is 18.8. The molecule has 0 fully saturated rings. The van der Waals surface area contributed by atoms with Gasteiger partial charge in [0.1, 0.15) is 5.75 Å². The minimum atomic E-state index is -1.32. The number of amides is 1. The molecular weight excluding hydrogens is 488 g/mol. The SMILES string of the molecule is CCC1(CC(O)(Cc2cccc(CC(=O)N3CCc4ccccc4C3)c2)c2ccc(O)c(CO)c2)C=CC=N1. The standard InChI is InChI=1S/C33H36N2O4/c1-2-32(14-6-15-34-32)23-33(39,29-11-12-30(37)28(19-29)22-36)20-25-8-5-7-24(17-25)18-31(38)35-16-13-26-9-3-4-10-27(26)21-35/h3-12,14-15,17,19,36-37,39H,2,13,16,18,20-23H2,1H3. The van der Waals surface area contributed by atoms with Gasteiger partial charge < -0.3 is 20.2 Å². The minimum absolute atomic E-state index is 0.00608. The molecule has 6 nitrogen and oxygen atoms in total. The Morgan fingerprint density at radius 2 is 1.85 bits per heavy atom. The molecule has 5 rings (SSSR count). The molecule has 6 heteroatoms. The van der Waals surface area contributed by atoms with Crippen molar-refractivity contribution in [3.63, 3.8) is 0 Å². The first kappa shape index (κ1) is 26.9. The highest BCUT2D eigenvalue weighted by molar-refractivity contribution is 5.79. The maximum Gasteiger partial charge on any atom is 0.227 e. The van der Waals surface area contributed by atoms with Gasteiger partial charge >= 0.3 is 0 Å². The number of carbonyl (C=O) groups excluding carboxylic acids is 1. The Hall–Kier alpha value is -3.74. The Labute approximate surface area is 230 Å². The summed E-state index contributed by atoms with van der Waals surface area (Å²) in [5, 5.41) is 32.1. The van der Waals surface area contributed by atoms with Crippen LogP contribution >= 0.6 is 0 Å². The number of aliphatic imine (C=N–C) groups is 1. The Morgan fingerprint density at radius 1 is 1.05 bits per heavy atom. The van der Waals surface area contributed by atoms with Crippen LogP contribution in [0.1, 0.15) is 53.1 Å². The lowest BCUT2D eigenvalue weighted by molar-refractivity contribution is -0.131.